The van der Waals surface area contributed by atoms with Gasteiger partial charge in [-0.3, -0.25) is 0 Å². The molecule has 0 radical (unpaired) electrons. The molecule has 13 heavy (non-hydrogen) atoms. The highest BCUT2D eigenvalue weighted by Crippen LogP contribution is 2.27. The third kappa shape index (κ3) is 2.01. The van der Waals surface area contributed by atoms with E-state index in [-0.39, 0.29) is 6.61 Å². The Morgan fingerprint density at radius 1 is 1.38 bits per heavy atom. The van der Waals surface area contributed by atoms with Crippen LogP contribution in [0, 0.1) is 0 Å². The van der Waals surface area contributed by atoms with Crippen LogP contribution in [-0.2, 0) is 6.61 Å². The van der Waals surface area contributed by atoms with Gasteiger partial charge in [0.25, 0.3) is 0 Å². The van der Waals surface area contributed by atoms with Crippen LogP contribution in [0.1, 0.15) is 30.9 Å². The standard InChI is InChI=1S/C11H16O2/c1-8(2)9-5-4-6-11(13-3)10(9)7-12/h4-6,8,12H,7H2,1-3H3. The first-order valence-corrected chi connectivity index (χ1v) is 4.47. The minimum absolute atomic E-state index is 0.0392. The Kier molecular flexibility index (Phi) is 3.32. The van der Waals surface area contributed by atoms with Crippen LogP contribution < -0.4 is 4.74 Å². The smallest absolute Gasteiger partial charge is 0.124 e. The van der Waals surface area contributed by atoms with E-state index in [0.29, 0.717) is 5.92 Å². The van der Waals surface area contributed by atoms with E-state index >= 15 is 0 Å². The van der Waals surface area contributed by atoms with Crippen LogP contribution in [0.4, 0.5) is 0 Å². The van der Waals surface area contributed by atoms with E-state index in [1.54, 1.807) is 7.11 Å². The van der Waals surface area contributed by atoms with Crippen LogP contribution in [0.2, 0.25) is 0 Å². The molecule has 0 aliphatic carbocycles. The molecule has 2 nitrogen and oxygen atoms in total. The number of aliphatic hydroxyl groups excluding tert-OH is 1. The maximum Gasteiger partial charge on any atom is 0.124 e. The molecule has 1 aromatic rings. The predicted molar refractivity (Wildman–Crippen MR) is 53.0 cm³/mol. The lowest BCUT2D eigenvalue weighted by Gasteiger charge is -2.14. The summed E-state index contributed by atoms with van der Waals surface area (Å²) in [4.78, 5) is 0. The van der Waals surface area contributed by atoms with Crippen molar-refractivity contribution in [3.8, 4) is 5.75 Å². The minimum Gasteiger partial charge on any atom is -0.496 e. The second-order valence-electron chi connectivity index (χ2n) is 3.34. The van der Waals surface area contributed by atoms with Gasteiger partial charge in [-0.2, -0.15) is 0 Å². The molecule has 0 heterocycles. The topological polar surface area (TPSA) is 29.5 Å². The van der Waals surface area contributed by atoms with Crippen LogP contribution in [-0.4, -0.2) is 12.2 Å². The number of aliphatic hydroxyl groups is 1. The van der Waals surface area contributed by atoms with Crippen LogP contribution in [0.5, 0.6) is 5.75 Å². The summed E-state index contributed by atoms with van der Waals surface area (Å²) in [5.41, 5.74) is 2.06. The molecular formula is C11H16O2. The minimum atomic E-state index is 0.0392. The third-order valence-corrected chi connectivity index (χ3v) is 2.17. The molecule has 1 N–H and O–H groups in total. The van der Waals surface area contributed by atoms with Gasteiger partial charge in [0.2, 0.25) is 0 Å². The van der Waals surface area contributed by atoms with Crippen molar-refractivity contribution in [1.29, 1.82) is 0 Å². The van der Waals surface area contributed by atoms with Crippen LogP contribution in [0.25, 0.3) is 0 Å². The SMILES string of the molecule is COc1cccc(C(C)C)c1CO. The normalized spacial score (nSPS) is 10.5. The van der Waals surface area contributed by atoms with Gasteiger partial charge in [-0.1, -0.05) is 26.0 Å². The Morgan fingerprint density at radius 2 is 2.08 bits per heavy atom. The van der Waals surface area contributed by atoms with Crippen LogP contribution in [0.15, 0.2) is 18.2 Å². The van der Waals surface area contributed by atoms with Crippen molar-refractivity contribution in [2.24, 2.45) is 0 Å². The van der Waals surface area contributed by atoms with Gasteiger partial charge >= 0.3 is 0 Å². The average molecular weight is 180 g/mol. The number of hydrogen-bond donors (Lipinski definition) is 1. The van der Waals surface area contributed by atoms with E-state index in [0.717, 1.165) is 16.9 Å². The van der Waals surface area contributed by atoms with Gasteiger partial charge in [0.05, 0.1) is 13.7 Å². The van der Waals surface area contributed by atoms with Crippen molar-refractivity contribution in [2.75, 3.05) is 7.11 Å². The molecule has 0 spiro atoms. The monoisotopic (exact) mass is 180 g/mol. The molecule has 0 aliphatic heterocycles. The zero-order valence-corrected chi connectivity index (χ0v) is 8.37. The van der Waals surface area contributed by atoms with E-state index in [2.05, 4.69) is 13.8 Å². The maximum atomic E-state index is 9.20. The molecule has 0 saturated carbocycles. The fraction of sp³-hybridized carbons (Fsp3) is 0.455. The molecule has 0 aliphatic rings. The lowest BCUT2D eigenvalue weighted by atomic mass is 9.97. The predicted octanol–water partition coefficient (Wildman–Crippen LogP) is 2.31. The summed E-state index contributed by atoms with van der Waals surface area (Å²) < 4.78 is 5.17. The van der Waals surface area contributed by atoms with Crippen molar-refractivity contribution in [2.45, 2.75) is 26.4 Å². The lowest BCUT2D eigenvalue weighted by molar-refractivity contribution is 0.272. The van der Waals surface area contributed by atoms with Crippen molar-refractivity contribution >= 4 is 0 Å². The maximum absolute atomic E-state index is 9.20. The molecule has 0 saturated heterocycles. The van der Waals surface area contributed by atoms with Crippen molar-refractivity contribution in [1.82, 2.24) is 0 Å². The number of ether oxygens (including phenoxy) is 1. The van der Waals surface area contributed by atoms with Gasteiger partial charge in [0.15, 0.2) is 0 Å². The second-order valence-corrected chi connectivity index (χ2v) is 3.34. The van der Waals surface area contributed by atoms with Gasteiger partial charge in [0.1, 0.15) is 5.75 Å². The van der Waals surface area contributed by atoms with Gasteiger partial charge in [-0.25, -0.2) is 0 Å². The van der Waals surface area contributed by atoms with E-state index in [4.69, 9.17) is 4.74 Å². The number of hydrogen-bond acceptors (Lipinski definition) is 2. The highest BCUT2D eigenvalue weighted by atomic mass is 16.5. The summed E-state index contributed by atoms with van der Waals surface area (Å²) in [6, 6.07) is 5.85. The molecule has 0 atom stereocenters. The third-order valence-electron chi connectivity index (χ3n) is 2.17. The summed E-state index contributed by atoms with van der Waals surface area (Å²) in [7, 11) is 1.62. The first-order valence-electron chi connectivity index (χ1n) is 4.47. The average Bonchev–Trinajstić information content (AvgIpc) is 2.16. The summed E-state index contributed by atoms with van der Waals surface area (Å²) in [6.07, 6.45) is 0. The molecular weight excluding hydrogens is 164 g/mol. The van der Waals surface area contributed by atoms with Gasteiger partial charge in [-0.15, -0.1) is 0 Å². The molecule has 1 aromatic carbocycles. The molecule has 72 valence electrons. The lowest BCUT2D eigenvalue weighted by Crippen LogP contribution is -1.99. The fourth-order valence-electron chi connectivity index (χ4n) is 1.48. The van der Waals surface area contributed by atoms with Gasteiger partial charge in [-0.05, 0) is 17.5 Å². The zero-order chi connectivity index (χ0) is 9.84. The quantitative estimate of drug-likeness (QED) is 0.773. The van der Waals surface area contributed by atoms with Crippen LogP contribution >= 0.6 is 0 Å². The first kappa shape index (κ1) is 10.1. The molecule has 0 fully saturated rings. The highest BCUT2D eigenvalue weighted by Gasteiger charge is 2.09. The Hall–Kier alpha value is -1.02. The molecule has 0 unspecified atom stereocenters. The molecule has 2 heteroatoms. The Bertz CT molecular complexity index is 279. The van der Waals surface area contributed by atoms with E-state index in [1.807, 2.05) is 18.2 Å². The summed E-state index contributed by atoms with van der Waals surface area (Å²) in [5.74, 6) is 1.19. The number of methoxy groups -OCH3 is 1. The Morgan fingerprint density at radius 3 is 2.54 bits per heavy atom. The molecule has 1 rings (SSSR count). The Labute approximate surface area is 79.2 Å². The zero-order valence-electron chi connectivity index (χ0n) is 8.37. The van der Waals surface area contributed by atoms with Crippen LogP contribution in [0.3, 0.4) is 0 Å². The summed E-state index contributed by atoms with van der Waals surface area (Å²) in [5, 5.41) is 9.20. The number of benzene rings is 1. The second kappa shape index (κ2) is 4.28. The van der Waals surface area contributed by atoms with Crippen molar-refractivity contribution in [3.05, 3.63) is 29.3 Å². The number of rotatable bonds is 3. The molecule has 0 amide bonds. The highest BCUT2D eigenvalue weighted by molar-refractivity contribution is 5.41. The van der Waals surface area contributed by atoms with Crippen molar-refractivity contribution in [3.63, 3.8) is 0 Å². The summed E-state index contributed by atoms with van der Waals surface area (Å²) >= 11 is 0. The van der Waals surface area contributed by atoms with Crippen molar-refractivity contribution < 1.29 is 9.84 Å². The first-order chi connectivity index (χ1) is 6.20. The van der Waals surface area contributed by atoms with Gasteiger partial charge in [0, 0.05) is 5.56 Å². The molecule has 0 aromatic heterocycles. The van der Waals surface area contributed by atoms with Gasteiger partial charge < -0.3 is 9.84 Å². The molecule has 0 bridgehead atoms. The summed E-state index contributed by atoms with van der Waals surface area (Å²) in [6.45, 7) is 4.25. The fourth-order valence-corrected chi connectivity index (χ4v) is 1.48. The van der Waals surface area contributed by atoms with E-state index in [1.165, 1.54) is 0 Å². The van der Waals surface area contributed by atoms with E-state index in [9.17, 15) is 5.11 Å². The largest absolute Gasteiger partial charge is 0.496 e. The Balaban J connectivity index is 3.19. The van der Waals surface area contributed by atoms with E-state index < -0.39 is 0 Å².